The van der Waals surface area contributed by atoms with Crippen molar-refractivity contribution in [1.82, 2.24) is 10.4 Å². The van der Waals surface area contributed by atoms with Crippen LogP contribution < -0.4 is 10.4 Å². The molecule has 0 amide bonds. The number of halogens is 2. The van der Waals surface area contributed by atoms with Gasteiger partial charge in [0, 0.05) is 36.6 Å². The first-order valence-corrected chi connectivity index (χ1v) is 8.16. The molecule has 0 unspecified atom stereocenters. The first kappa shape index (κ1) is 15.5. The lowest BCUT2D eigenvalue weighted by Gasteiger charge is -2.30. The molecule has 0 fully saturated rings. The van der Waals surface area contributed by atoms with Crippen LogP contribution in [0, 0.1) is 11.6 Å². The number of hydrogen-bond donors (Lipinski definition) is 1. The van der Waals surface area contributed by atoms with Crippen molar-refractivity contribution < 1.29 is 17.2 Å². The number of rotatable bonds is 3. The molecule has 0 spiro atoms. The second-order valence-electron chi connectivity index (χ2n) is 4.71. The summed E-state index contributed by atoms with van der Waals surface area (Å²) in [6.45, 7) is 2.15. The summed E-state index contributed by atoms with van der Waals surface area (Å²) >= 11 is 0. The van der Waals surface area contributed by atoms with Crippen molar-refractivity contribution in [3.8, 4) is 0 Å². The molecule has 0 bridgehead atoms. The zero-order chi connectivity index (χ0) is 16.6. The smallest absolute Gasteiger partial charge is 0.264 e. The summed E-state index contributed by atoms with van der Waals surface area (Å²) in [5, 5.41) is 1.25. The maximum atomic E-state index is 14.0. The molecule has 1 aromatic heterocycles. The van der Waals surface area contributed by atoms with Gasteiger partial charge in [0.1, 0.15) is 11.6 Å². The molecule has 1 aromatic carbocycles. The van der Waals surface area contributed by atoms with E-state index in [1.54, 1.807) is 19.1 Å². The second kappa shape index (κ2) is 5.67. The number of nitrogens with zero attached hydrogens (tertiary/aromatic N) is 3. The van der Waals surface area contributed by atoms with E-state index in [1.165, 1.54) is 17.4 Å². The van der Waals surface area contributed by atoms with Gasteiger partial charge in [-0.3, -0.25) is 9.99 Å². The summed E-state index contributed by atoms with van der Waals surface area (Å²) in [6, 6.07) is 4.68. The zero-order valence-electron chi connectivity index (χ0n) is 12.0. The van der Waals surface area contributed by atoms with Gasteiger partial charge in [0.25, 0.3) is 10.0 Å². The molecule has 2 aromatic rings. The molecule has 1 aliphatic rings. The van der Waals surface area contributed by atoms with Crippen LogP contribution in [0.1, 0.15) is 12.5 Å². The lowest BCUT2D eigenvalue weighted by Crippen LogP contribution is -2.46. The van der Waals surface area contributed by atoms with Crippen molar-refractivity contribution in [2.24, 2.45) is 4.40 Å². The number of pyridine rings is 1. The number of hydrazine groups is 1. The maximum absolute atomic E-state index is 14.0. The van der Waals surface area contributed by atoms with Crippen LogP contribution in [0.4, 0.5) is 14.5 Å². The van der Waals surface area contributed by atoms with Crippen LogP contribution in [0.2, 0.25) is 0 Å². The highest BCUT2D eigenvalue weighted by atomic mass is 32.2. The minimum Gasteiger partial charge on any atom is -0.264 e. The van der Waals surface area contributed by atoms with E-state index in [4.69, 9.17) is 0 Å². The number of amidine groups is 1. The van der Waals surface area contributed by atoms with E-state index in [0.29, 0.717) is 18.2 Å². The topological polar surface area (TPSA) is 74.7 Å². The number of benzene rings is 1. The summed E-state index contributed by atoms with van der Waals surface area (Å²) in [4.78, 5) is 3.26. The van der Waals surface area contributed by atoms with Crippen molar-refractivity contribution in [3.05, 3.63) is 53.9 Å². The number of sulfonamides is 1. The molecule has 0 saturated heterocycles. The Morgan fingerprint density at radius 3 is 2.74 bits per heavy atom. The average molecular weight is 338 g/mol. The molecule has 2 heterocycles. The quantitative estimate of drug-likeness (QED) is 0.924. The number of hydrogen-bond acceptors (Lipinski definition) is 5. The van der Waals surface area contributed by atoms with Crippen molar-refractivity contribution in [2.75, 3.05) is 11.6 Å². The number of nitrogens with one attached hydrogen (secondary N) is 1. The van der Waals surface area contributed by atoms with Gasteiger partial charge in [0.15, 0.2) is 10.7 Å². The van der Waals surface area contributed by atoms with Gasteiger partial charge in [-0.05, 0) is 12.1 Å². The monoisotopic (exact) mass is 338 g/mol. The van der Waals surface area contributed by atoms with Crippen LogP contribution >= 0.6 is 0 Å². The Morgan fingerprint density at radius 1 is 1.30 bits per heavy atom. The van der Waals surface area contributed by atoms with Gasteiger partial charge in [-0.15, -0.1) is 4.40 Å². The van der Waals surface area contributed by atoms with Crippen molar-refractivity contribution in [1.29, 1.82) is 0 Å². The average Bonchev–Trinajstić information content (AvgIpc) is 2.49. The van der Waals surface area contributed by atoms with Gasteiger partial charge >= 0.3 is 0 Å². The fourth-order valence-electron chi connectivity index (χ4n) is 2.28. The summed E-state index contributed by atoms with van der Waals surface area (Å²) in [6.07, 6.45) is 2.94. The highest BCUT2D eigenvalue weighted by molar-refractivity contribution is 7.90. The minimum absolute atomic E-state index is 0.00236. The van der Waals surface area contributed by atoms with Crippen molar-refractivity contribution in [3.63, 3.8) is 0 Å². The maximum Gasteiger partial charge on any atom is 0.289 e. The van der Waals surface area contributed by atoms with Crippen LogP contribution in [0.25, 0.3) is 0 Å². The van der Waals surface area contributed by atoms with E-state index in [-0.39, 0.29) is 11.5 Å². The predicted molar refractivity (Wildman–Crippen MR) is 80.5 cm³/mol. The molecule has 0 aliphatic carbocycles. The predicted octanol–water partition coefficient (Wildman–Crippen LogP) is 1.84. The second-order valence-corrected chi connectivity index (χ2v) is 6.26. The first-order chi connectivity index (χ1) is 10.9. The molecule has 23 heavy (non-hydrogen) atoms. The van der Waals surface area contributed by atoms with Gasteiger partial charge in [-0.25, -0.2) is 14.2 Å². The Morgan fingerprint density at radius 2 is 2.09 bits per heavy atom. The van der Waals surface area contributed by atoms with Crippen LogP contribution in [0.3, 0.4) is 0 Å². The van der Waals surface area contributed by atoms with E-state index >= 15 is 0 Å². The van der Waals surface area contributed by atoms with Crippen LogP contribution in [-0.2, 0) is 10.0 Å². The fourth-order valence-corrected chi connectivity index (χ4v) is 3.50. The van der Waals surface area contributed by atoms with Gasteiger partial charge < -0.3 is 0 Å². The Bertz CT molecular complexity index is 885. The van der Waals surface area contributed by atoms with Crippen molar-refractivity contribution in [2.45, 2.75) is 11.8 Å². The third kappa shape index (κ3) is 2.68. The minimum atomic E-state index is -4.30. The Kier molecular flexibility index (Phi) is 3.82. The highest BCUT2D eigenvalue weighted by Gasteiger charge is 2.35. The van der Waals surface area contributed by atoms with Crippen LogP contribution in [0.15, 0.2) is 46.0 Å². The molecule has 6 nitrogen and oxygen atoms in total. The third-order valence-corrected chi connectivity index (χ3v) is 4.48. The number of aromatic nitrogens is 1. The Hall–Kier alpha value is -2.39. The first-order valence-electron chi connectivity index (χ1n) is 6.72. The molecule has 9 heteroatoms. The summed E-state index contributed by atoms with van der Waals surface area (Å²) in [7, 11) is -4.30. The Balaban J connectivity index is 2.29. The van der Waals surface area contributed by atoms with Crippen LogP contribution in [0.5, 0.6) is 0 Å². The lowest BCUT2D eigenvalue weighted by atomic mass is 10.2. The summed E-state index contributed by atoms with van der Waals surface area (Å²) in [5.74, 6) is -2.07. The van der Waals surface area contributed by atoms with E-state index in [9.17, 15) is 17.2 Å². The number of fused-ring (bicyclic) bond motifs is 1. The van der Waals surface area contributed by atoms with E-state index < -0.39 is 26.6 Å². The van der Waals surface area contributed by atoms with Gasteiger partial charge in [0.05, 0.1) is 5.69 Å². The Labute approximate surface area is 131 Å². The van der Waals surface area contributed by atoms with E-state index in [0.717, 1.165) is 6.07 Å². The molecule has 3 rings (SSSR count). The lowest BCUT2D eigenvalue weighted by molar-refractivity contribution is 0.545. The van der Waals surface area contributed by atoms with Gasteiger partial charge in [0.2, 0.25) is 0 Å². The normalized spacial score (nSPS) is 16.0. The molecule has 1 N–H and O–H groups in total. The molecular weight excluding hydrogens is 326 g/mol. The van der Waals surface area contributed by atoms with E-state index in [1.807, 2.05) is 0 Å². The zero-order valence-corrected chi connectivity index (χ0v) is 12.8. The summed E-state index contributed by atoms with van der Waals surface area (Å²) in [5.41, 5.74) is 3.10. The van der Waals surface area contributed by atoms with Gasteiger partial charge in [-0.1, -0.05) is 6.92 Å². The molecule has 0 radical (unpaired) electrons. The highest BCUT2D eigenvalue weighted by Crippen LogP contribution is 2.34. The summed E-state index contributed by atoms with van der Waals surface area (Å²) < 4.78 is 55.9. The molecule has 0 atom stereocenters. The van der Waals surface area contributed by atoms with Crippen molar-refractivity contribution >= 4 is 21.5 Å². The third-order valence-electron chi connectivity index (χ3n) is 3.14. The number of anilines is 1. The SMILES string of the molecule is CCNN1C(c2cccnc2)=NS(=O)(=O)c2c(F)cc(F)cc21. The molecular formula is C14H12F2N4O2S. The molecule has 0 saturated carbocycles. The fraction of sp³-hybridized carbons (Fsp3) is 0.143. The largest absolute Gasteiger partial charge is 0.289 e. The van der Waals surface area contributed by atoms with Gasteiger partial charge in [-0.2, -0.15) is 8.42 Å². The van der Waals surface area contributed by atoms with E-state index in [2.05, 4.69) is 14.8 Å². The molecule has 1 aliphatic heterocycles. The van der Waals surface area contributed by atoms with Crippen LogP contribution in [-0.4, -0.2) is 25.8 Å². The standard InChI is InChI=1S/C14H12F2N4O2S/c1-2-18-20-12-7-10(15)6-11(16)13(12)23(21,22)19-14(20)9-4-3-5-17-8-9/h3-8,18H,2H2,1H3. The molecule has 120 valence electrons.